The zero-order chi connectivity index (χ0) is 15.2. The number of fused-ring (bicyclic) bond motifs is 1. The van der Waals surface area contributed by atoms with Crippen LogP contribution in [-0.4, -0.2) is 41.4 Å². The second kappa shape index (κ2) is 7.04. The Bertz CT molecular complexity index is 628. The number of nitrogens with zero attached hydrogens (tertiary/aromatic N) is 2. The number of pyridine rings is 1. The van der Waals surface area contributed by atoms with Gasteiger partial charge < -0.3 is 15.1 Å². The average Bonchev–Trinajstić information content (AvgIpc) is 2.50. The van der Waals surface area contributed by atoms with Gasteiger partial charge in [0, 0.05) is 31.8 Å². The largest absolute Gasteiger partial charge is 0.478 e. The predicted molar refractivity (Wildman–Crippen MR) is 82.9 cm³/mol. The van der Waals surface area contributed by atoms with Gasteiger partial charge in [0.15, 0.2) is 0 Å². The predicted octanol–water partition coefficient (Wildman–Crippen LogP) is 2.53. The van der Waals surface area contributed by atoms with Crippen LogP contribution >= 0.6 is 0 Å². The zero-order valence-electron chi connectivity index (χ0n) is 12.1. The van der Waals surface area contributed by atoms with Gasteiger partial charge in [0.05, 0.1) is 11.2 Å². The molecule has 0 aliphatic carbocycles. The summed E-state index contributed by atoms with van der Waals surface area (Å²) >= 11 is 0. The number of aliphatic hydroxyl groups is 1. The maximum atomic E-state index is 11.4. The molecule has 1 aromatic heterocycles. The Kier molecular flexibility index (Phi) is 5.11. The van der Waals surface area contributed by atoms with Crippen LogP contribution in [0.4, 0.5) is 5.69 Å². The van der Waals surface area contributed by atoms with Crippen molar-refractivity contribution in [3.63, 3.8) is 0 Å². The van der Waals surface area contributed by atoms with Crippen LogP contribution in [0.5, 0.6) is 0 Å². The Hall–Kier alpha value is -2.14. The smallest absolute Gasteiger partial charge is 0.339 e. The lowest BCUT2D eigenvalue weighted by Crippen LogP contribution is -2.22. The molecule has 21 heavy (non-hydrogen) atoms. The van der Waals surface area contributed by atoms with Gasteiger partial charge >= 0.3 is 5.97 Å². The van der Waals surface area contributed by atoms with Gasteiger partial charge in [-0.25, -0.2) is 4.79 Å². The van der Waals surface area contributed by atoms with Gasteiger partial charge in [-0.1, -0.05) is 18.2 Å². The van der Waals surface area contributed by atoms with Gasteiger partial charge in [-0.15, -0.1) is 0 Å². The fourth-order valence-corrected chi connectivity index (χ4v) is 2.44. The summed E-state index contributed by atoms with van der Waals surface area (Å²) in [5, 5.41) is 19.0. The van der Waals surface area contributed by atoms with Crippen molar-refractivity contribution in [2.75, 3.05) is 25.1 Å². The van der Waals surface area contributed by atoms with Crippen molar-refractivity contribution in [1.82, 2.24) is 4.98 Å². The first-order valence-corrected chi connectivity index (χ1v) is 7.08. The lowest BCUT2D eigenvalue weighted by molar-refractivity contribution is 0.0697. The van der Waals surface area contributed by atoms with Gasteiger partial charge in [0.2, 0.25) is 0 Å². The minimum atomic E-state index is -0.967. The highest BCUT2D eigenvalue weighted by Crippen LogP contribution is 2.29. The average molecular weight is 288 g/mol. The molecule has 5 nitrogen and oxygen atoms in total. The minimum absolute atomic E-state index is 0.197. The number of carboxylic acid groups (broad SMARTS) is 1. The molecule has 0 fully saturated rings. The molecule has 112 valence electrons. The first-order chi connectivity index (χ1) is 10.1. The van der Waals surface area contributed by atoms with E-state index in [9.17, 15) is 9.90 Å². The standard InChI is InChI=1S/C16H20N2O3/c1-18(9-5-2-6-10-19)15-12-7-3-4-8-14(12)17-11-13(15)16(20)21/h3-4,7-8,11,19H,2,5-6,9-10H2,1H3,(H,20,21). The van der Waals surface area contributed by atoms with E-state index in [1.807, 2.05) is 36.2 Å². The first kappa shape index (κ1) is 15.3. The molecule has 1 heterocycles. The summed E-state index contributed by atoms with van der Waals surface area (Å²) in [6.45, 7) is 0.941. The van der Waals surface area contributed by atoms with Crippen LogP contribution in [0.1, 0.15) is 29.6 Å². The number of unbranched alkanes of at least 4 members (excludes halogenated alkanes) is 2. The fourth-order valence-electron chi connectivity index (χ4n) is 2.44. The van der Waals surface area contributed by atoms with Crippen molar-refractivity contribution < 1.29 is 15.0 Å². The molecule has 0 spiro atoms. The third kappa shape index (κ3) is 3.49. The van der Waals surface area contributed by atoms with Gasteiger partial charge in [-0.2, -0.15) is 0 Å². The molecule has 0 unspecified atom stereocenters. The van der Waals surface area contributed by atoms with E-state index < -0.39 is 5.97 Å². The van der Waals surface area contributed by atoms with E-state index in [1.165, 1.54) is 6.20 Å². The summed E-state index contributed by atoms with van der Waals surface area (Å²) in [6.07, 6.45) is 4.03. The monoisotopic (exact) mass is 288 g/mol. The molecule has 0 bridgehead atoms. The lowest BCUT2D eigenvalue weighted by Gasteiger charge is -2.22. The molecule has 0 saturated carbocycles. The van der Waals surface area contributed by atoms with Crippen LogP contribution in [0.25, 0.3) is 10.9 Å². The number of rotatable bonds is 7. The number of carbonyl (C=O) groups is 1. The topological polar surface area (TPSA) is 73.7 Å². The quantitative estimate of drug-likeness (QED) is 0.766. The number of carboxylic acids is 1. The molecule has 1 aromatic carbocycles. The van der Waals surface area contributed by atoms with Gasteiger partial charge in [0.25, 0.3) is 0 Å². The molecule has 0 radical (unpaired) electrons. The summed E-state index contributed by atoms with van der Waals surface area (Å²) in [5.41, 5.74) is 1.72. The normalized spacial score (nSPS) is 10.8. The molecule has 0 atom stereocenters. The highest BCUT2D eigenvalue weighted by atomic mass is 16.4. The first-order valence-electron chi connectivity index (χ1n) is 7.08. The Morgan fingerprint density at radius 1 is 1.24 bits per heavy atom. The van der Waals surface area contributed by atoms with Crippen LogP contribution in [-0.2, 0) is 0 Å². The molecular weight excluding hydrogens is 268 g/mol. The number of hydrogen-bond donors (Lipinski definition) is 2. The van der Waals surface area contributed by atoms with Crippen molar-refractivity contribution in [2.45, 2.75) is 19.3 Å². The van der Waals surface area contributed by atoms with E-state index in [4.69, 9.17) is 5.11 Å². The van der Waals surface area contributed by atoms with E-state index in [0.29, 0.717) is 5.69 Å². The van der Waals surface area contributed by atoms with Crippen molar-refractivity contribution in [3.05, 3.63) is 36.0 Å². The molecule has 2 N–H and O–H groups in total. The molecule has 2 aromatic rings. The van der Waals surface area contributed by atoms with Gasteiger partial charge in [-0.3, -0.25) is 4.98 Å². The van der Waals surface area contributed by atoms with Gasteiger partial charge in [0.1, 0.15) is 5.56 Å². The highest BCUT2D eigenvalue weighted by Gasteiger charge is 2.17. The van der Waals surface area contributed by atoms with Gasteiger partial charge in [-0.05, 0) is 25.3 Å². The number of hydrogen-bond acceptors (Lipinski definition) is 4. The summed E-state index contributed by atoms with van der Waals surface area (Å²) in [5.74, 6) is -0.967. The second-order valence-electron chi connectivity index (χ2n) is 5.05. The van der Waals surface area contributed by atoms with Crippen LogP contribution < -0.4 is 4.90 Å². The number of anilines is 1. The summed E-state index contributed by atoms with van der Waals surface area (Å²) in [4.78, 5) is 17.6. The highest BCUT2D eigenvalue weighted by molar-refractivity contribution is 6.04. The third-order valence-corrected chi connectivity index (χ3v) is 3.51. The second-order valence-corrected chi connectivity index (χ2v) is 5.05. The number of aromatic carboxylic acids is 1. The van der Waals surface area contributed by atoms with Crippen molar-refractivity contribution in [3.8, 4) is 0 Å². The maximum Gasteiger partial charge on any atom is 0.339 e. The number of aromatic nitrogens is 1. The molecule has 2 rings (SSSR count). The summed E-state index contributed by atoms with van der Waals surface area (Å²) in [6, 6.07) is 7.55. The zero-order valence-corrected chi connectivity index (χ0v) is 12.1. The van der Waals surface area contributed by atoms with Crippen LogP contribution in [0.2, 0.25) is 0 Å². The minimum Gasteiger partial charge on any atom is -0.478 e. The molecule has 5 heteroatoms. The van der Waals surface area contributed by atoms with Crippen LogP contribution in [0.15, 0.2) is 30.5 Å². The molecule has 0 amide bonds. The Morgan fingerprint density at radius 2 is 2.00 bits per heavy atom. The Morgan fingerprint density at radius 3 is 2.71 bits per heavy atom. The third-order valence-electron chi connectivity index (χ3n) is 3.51. The Labute approximate surface area is 123 Å². The summed E-state index contributed by atoms with van der Waals surface area (Å²) in [7, 11) is 1.90. The van der Waals surface area contributed by atoms with Crippen molar-refractivity contribution in [2.24, 2.45) is 0 Å². The van der Waals surface area contributed by atoms with Crippen LogP contribution in [0.3, 0.4) is 0 Å². The number of para-hydroxylation sites is 1. The van der Waals surface area contributed by atoms with Crippen molar-refractivity contribution >= 4 is 22.6 Å². The maximum absolute atomic E-state index is 11.4. The lowest BCUT2D eigenvalue weighted by atomic mass is 10.1. The van der Waals surface area contributed by atoms with E-state index >= 15 is 0 Å². The number of aliphatic hydroxyl groups excluding tert-OH is 1. The fraction of sp³-hybridized carbons (Fsp3) is 0.375. The SMILES string of the molecule is CN(CCCCCO)c1c(C(=O)O)cnc2ccccc12. The van der Waals surface area contributed by atoms with Crippen LogP contribution in [0, 0.1) is 0 Å². The van der Waals surface area contributed by atoms with Crippen molar-refractivity contribution in [1.29, 1.82) is 0 Å². The molecule has 0 aliphatic heterocycles. The number of benzene rings is 1. The van der Waals surface area contributed by atoms with E-state index in [1.54, 1.807) is 0 Å². The molecule has 0 aliphatic rings. The Balaban J connectivity index is 2.34. The molecular formula is C16H20N2O3. The molecule has 0 saturated heterocycles. The van der Waals surface area contributed by atoms with E-state index in [2.05, 4.69) is 4.98 Å². The summed E-state index contributed by atoms with van der Waals surface area (Å²) < 4.78 is 0. The van der Waals surface area contributed by atoms with E-state index in [-0.39, 0.29) is 12.2 Å². The van der Waals surface area contributed by atoms with E-state index in [0.717, 1.165) is 36.7 Å².